The number of hydrogen-bond donors (Lipinski definition) is 1. The maximum atomic E-state index is 11.3. The monoisotopic (exact) mass is 293 g/mol. The van der Waals surface area contributed by atoms with Crippen LogP contribution in [0.2, 0.25) is 0 Å². The van der Waals surface area contributed by atoms with Crippen molar-refractivity contribution in [3.05, 3.63) is 36.2 Å². The summed E-state index contributed by atoms with van der Waals surface area (Å²) in [6, 6.07) is 0. The lowest BCUT2D eigenvalue weighted by Gasteiger charge is -2.26. The molecule has 2 aliphatic rings. The van der Waals surface area contributed by atoms with E-state index in [1.54, 1.807) is 0 Å². The Kier molecular flexibility index (Phi) is 5.16. The van der Waals surface area contributed by atoms with Crippen molar-refractivity contribution < 1.29 is 24.2 Å². The summed E-state index contributed by atoms with van der Waals surface area (Å²) in [5.74, 6) is -1.85. The van der Waals surface area contributed by atoms with E-state index in [0.717, 1.165) is 31.4 Å². The summed E-state index contributed by atoms with van der Waals surface area (Å²) in [6.07, 6.45) is 10.2. The molecule has 0 saturated carbocycles. The summed E-state index contributed by atoms with van der Waals surface area (Å²) in [7, 11) is 0. The molecule has 1 fully saturated rings. The number of rotatable bonds is 5. The van der Waals surface area contributed by atoms with Gasteiger partial charge in [0.25, 0.3) is 0 Å². The highest BCUT2D eigenvalue weighted by molar-refractivity contribution is 5.90. The van der Waals surface area contributed by atoms with Crippen LogP contribution in [0.1, 0.15) is 26.2 Å². The standard InChI is InChI=1S/C15H19NO5/c1-11-3-2-8-16(9-11)13-5-4-12(21-13)10-20-15(19)7-6-14(17)18/h2,6-9,12-13H,3-5,10H2,1H3,(H,17,18)/b7-6+. The molecule has 0 spiro atoms. The quantitative estimate of drug-likeness (QED) is 0.615. The molecule has 114 valence electrons. The predicted molar refractivity (Wildman–Crippen MR) is 75.0 cm³/mol. The number of carboxylic acid groups (broad SMARTS) is 1. The number of esters is 1. The second kappa shape index (κ2) is 7.08. The molecule has 1 saturated heterocycles. The van der Waals surface area contributed by atoms with Crippen molar-refractivity contribution in [1.29, 1.82) is 0 Å². The minimum absolute atomic E-state index is 0.0326. The third-order valence-electron chi connectivity index (χ3n) is 3.28. The molecular weight excluding hydrogens is 274 g/mol. The molecule has 0 aromatic rings. The van der Waals surface area contributed by atoms with Crippen molar-refractivity contribution in [3.63, 3.8) is 0 Å². The molecule has 2 atom stereocenters. The van der Waals surface area contributed by atoms with Crippen molar-refractivity contribution in [2.45, 2.75) is 38.5 Å². The number of carbonyl (C=O) groups is 2. The molecule has 0 radical (unpaired) electrons. The number of hydrogen-bond acceptors (Lipinski definition) is 5. The van der Waals surface area contributed by atoms with Crippen LogP contribution in [0.4, 0.5) is 0 Å². The first-order valence-corrected chi connectivity index (χ1v) is 6.89. The number of allylic oxidation sites excluding steroid dienone is 2. The Hall–Kier alpha value is -2.08. The predicted octanol–water partition coefficient (Wildman–Crippen LogP) is 1.80. The molecular formula is C15H19NO5. The van der Waals surface area contributed by atoms with E-state index in [2.05, 4.69) is 19.2 Å². The molecule has 6 nitrogen and oxygen atoms in total. The van der Waals surface area contributed by atoms with Gasteiger partial charge in [0.1, 0.15) is 12.8 Å². The first-order valence-electron chi connectivity index (χ1n) is 6.89. The summed E-state index contributed by atoms with van der Waals surface area (Å²) in [4.78, 5) is 23.6. The van der Waals surface area contributed by atoms with Crippen molar-refractivity contribution in [3.8, 4) is 0 Å². The molecule has 21 heavy (non-hydrogen) atoms. The Morgan fingerprint density at radius 3 is 3.00 bits per heavy atom. The lowest BCUT2D eigenvalue weighted by atomic mass is 10.2. The second-order valence-electron chi connectivity index (χ2n) is 5.10. The van der Waals surface area contributed by atoms with Gasteiger partial charge in [0.2, 0.25) is 0 Å². The maximum Gasteiger partial charge on any atom is 0.331 e. The maximum absolute atomic E-state index is 11.3. The SMILES string of the molecule is CC1=CN(C2CCC(COC(=O)/C=C/C(=O)O)O2)C=CC1. The normalized spacial score (nSPS) is 25.2. The molecule has 0 aliphatic carbocycles. The Morgan fingerprint density at radius 1 is 1.48 bits per heavy atom. The van der Waals surface area contributed by atoms with Crippen LogP contribution in [0.25, 0.3) is 0 Å². The van der Waals surface area contributed by atoms with Crippen LogP contribution in [-0.2, 0) is 19.1 Å². The minimum atomic E-state index is -1.18. The van der Waals surface area contributed by atoms with Crippen molar-refractivity contribution in [2.75, 3.05) is 6.61 Å². The van der Waals surface area contributed by atoms with Crippen LogP contribution in [0.5, 0.6) is 0 Å². The van der Waals surface area contributed by atoms with Crippen LogP contribution in [0, 0.1) is 0 Å². The van der Waals surface area contributed by atoms with Gasteiger partial charge in [-0.1, -0.05) is 11.6 Å². The highest BCUT2D eigenvalue weighted by atomic mass is 16.6. The van der Waals surface area contributed by atoms with Crippen molar-refractivity contribution >= 4 is 11.9 Å². The van der Waals surface area contributed by atoms with Crippen LogP contribution in [0.3, 0.4) is 0 Å². The van der Waals surface area contributed by atoms with Crippen LogP contribution in [-0.4, -0.2) is 40.9 Å². The zero-order valence-corrected chi connectivity index (χ0v) is 11.9. The Labute approximate surface area is 123 Å². The average Bonchev–Trinajstić information content (AvgIpc) is 2.92. The van der Waals surface area contributed by atoms with E-state index >= 15 is 0 Å². The van der Waals surface area contributed by atoms with Gasteiger partial charge in [-0.25, -0.2) is 9.59 Å². The fraction of sp³-hybridized carbons (Fsp3) is 0.467. The third-order valence-corrected chi connectivity index (χ3v) is 3.28. The minimum Gasteiger partial charge on any atom is -0.478 e. The molecule has 2 aliphatic heterocycles. The van der Waals surface area contributed by atoms with Crippen molar-refractivity contribution in [1.82, 2.24) is 4.90 Å². The number of carboxylic acids is 1. The molecule has 6 heteroatoms. The van der Waals surface area contributed by atoms with Crippen LogP contribution in [0.15, 0.2) is 36.2 Å². The molecule has 1 N–H and O–H groups in total. The van der Waals surface area contributed by atoms with Gasteiger partial charge in [0, 0.05) is 24.6 Å². The van der Waals surface area contributed by atoms with Gasteiger partial charge in [0.15, 0.2) is 0 Å². The summed E-state index contributed by atoms with van der Waals surface area (Å²) in [5.41, 5.74) is 1.27. The van der Waals surface area contributed by atoms with Gasteiger partial charge >= 0.3 is 11.9 Å². The molecule has 0 aromatic heterocycles. The molecule has 2 unspecified atom stereocenters. The Morgan fingerprint density at radius 2 is 2.29 bits per heavy atom. The first-order chi connectivity index (χ1) is 10.0. The van der Waals surface area contributed by atoms with E-state index in [0.29, 0.717) is 0 Å². The number of carbonyl (C=O) groups excluding carboxylic acids is 1. The van der Waals surface area contributed by atoms with E-state index < -0.39 is 11.9 Å². The third kappa shape index (κ3) is 4.75. The smallest absolute Gasteiger partial charge is 0.331 e. The highest BCUT2D eigenvalue weighted by Gasteiger charge is 2.29. The zero-order valence-electron chi connectivity index (χ0n) is 11.9. The first kappa shape index (κ1) is 15.3. The van der Waals surface area contributed by atoms with Gasteiger partial charge < -0.3 is 19.5 Å². The van der Waals surface area contributed by atoms with E-state index in [9.17, 15) is 9.59 Å². The lowest BCUT2D eigenvalue weighted by Crippen LogP contribution is -2.29. The number of nitrogens with zero attached hydrogens (tertiary/aromatic N) is 1. The summed E-state index contributed by atoms with van der Waals surface area (Å²) in [6.45, 7) is 2.21. The van der Waals surface area contributed by atoms with Crippen molar-refractivity contribution in [2.24, 2.45) is 0 Å². The molecule has 0 aromatic carbocycles. The lowest BCUT2D eigenvalue weighted by molar-refractivity contribution is -0.143. The van der Waals surface area contributed by atoms with Gasteiger partial charge in [0.05, 0.1) is 6.10 Å². The number of aliphatic carboxylic acids is 1. The fourth-order valence-electron chi connectivity index (χ4n) is 2.28. The van der Waals surface area contributed by atoms with Gasteiger partial charge in [-0.15, -0.1) is 0 Å². The van der Waals surface area contributed by atoms with E-state index in [1.807, 2.05) is 11.1 Å². The summed E-state index contributed by atoms with van der Waals surface area (Å²) < 4.78 is 10.8. The summed E-state index contributed by atoms with van der Waals surface area (Å²) >= 11 is 0. The molecule has 2 heterocycles. The zero-order chi connectivity index (χ0) is 15.2. The Bertz CT molecular complexity index is 494. The van der Waals surface area contributed by atoms with Gasteiger partial charge in [-0.3, -0.25) is 0 Å². The molecule has 2 rings (SSSR count). The van der Waals surface area contributed by atoms with Gasteiger partial charge in [-0.2, -0.15) is 0 Å². The fourth-order valence-corrected chi connectivity index (χ4v) is 2.28. The largest absolute Gasteiger partial charge is 0.478 e. The second-order valence-corrected chi connectivity index (χ2v) is 5.10. The van der Waals surface area contributed by atoms with E-state index in [1.165, 1.54) is 5.57 Å². The van der Waals surface area contributed by atoms with E-state index in [-0.39, 0.29) is 18.9 Å². The molecule has 0 amide bonds. The Balaban J connectivity index is 1.75. The number of ether oxygens (including phenoxy) is 2. The molecule has 0 bridgehead atoms. The summed E-state index contributed by atoms with van der Waals surface area (Å²) in [5, 5.41) is 8.41. The van der Waals surface area contributed by atoms with E-state index in [4.69, 9.17) is 14.6 Å². The topological polar surface area (TPSA) is 76.1 Å². The highest BCUT2D eigenvalue weighted by Crippen LogP contribution is 2.26. The van der Waals surface area contributed by atoms with Crippen LogP contribution >= 0.6 is 0 Å². The van der Waals surface area contributed by atoms with Crippen LogP contribution < -0.4 is 0 Å². The van der Waals surface area contributed by atoms with Gasteiger partial charge in [-0.05, 0) is 26.2 Å². The average molecular weight is 293 g/mol.